The molecule has 3 aromatic rings. The second-order valence-electron chi connectivity index (χ2n) is 7.18. The summed E-state index contributed by atoms with van der Waals surface area (Å²) in [6.07, 6.45) is 0. The van der Waals surface area contributed by atoms with Crippen molar-refractivity contribution in [3.8, 4) is 0 Å². The molecule has 128 valence electrons. The molecule has 0 amide bonds. The van der Waals surface area contributed by atoms with Crippen LogP contribution in [0.3, 0.4) is 0 Å². The Labute approximate surface area is 154 Å². The summed E-state index contributed by atoms with van der Waals surface area (Å²) >= 11 is 1.86. The summed E-state index contributed by atoms with van der Waals surface area (Å²) in [5, 5.41) is 11.9. The fourth-order valence-electron chi connectivity index (χ4n) is 4.08. The number of hydrogen-bond acceptors (Lipinski definition) is 3. The predicted octanol–water partition coefficient (Wildman–Crippen LogP) is 4.15. The molecule has 2 nitrogen and oxygen atoms in total. The molecule has 4 heteroatoms. The summed E-state index contributed by atoms with van der Waals surface area (Å²) in [6.45, 7) is 4.96. The minimum Gasteiger partial charge on any atom is -0.388 e. The normalized spacial score (nSPS) is 15.4. The van der Waals surface area contributed by atoms with Crippen molar-refractivity contribution in [1.82, 2.24) is 0 Å². The average Bonchev–Trinajstić information content (AvgIpc) is 3.16. The van der Waals surface area contributed by atoms with E-state index >= 15 is 0 Å². The largest absolute Gasteiger partial charge is 0.388 e. The van der Waals surface area contributed by atoms with Crippen LogP contribution < -0.4 is 21.0 Å². The molecule has 1 aliphatic rings. The minimum absolute atomic E-state index is 0.349. The minimum atomic E-state index is -1.76. The van der Waals surface area contributed by atoms with Gasteiger partial charge in [-0.05, 0) is 57.2 Å². The molecule has 25 heavy (non-hydrogen) atoms. The van der Waals surface area contributed by atoms with Crippen LogP contribution in [0, 0.1) is 0 Å². The molecule has 2 heterocycles. The number of fused-ring (bicyclic) bond motifs is 2. The van der Waals surface area contributed by atoms with Crippen molar-refractivity contribution < 1.29 is 0 Å². The van der Waals surface area contributed by atoms with E-state index in [1.54, 1.807) is 10.4 Å². The Hall–Kier alpha value is -2.04. The molecule has 0 spiro atoms. The third kappa shape index (κ3) is 2.52. The van der Waals surface area contributed by atoms with Crippen LogP contribution in [0.1, 0.15) is 21.9 Å². The first-order chi connectivity index (χ1) is 12.1. The zero-order chi connectivity index (χ0) is 17.6. The molecule has 1 aliphatic heterocycles. The SMILES string of the molecule is CNc1ccc2c(c1)[Si](C)(C)c1cc(NC)ccc1C2c1cccs1. The van der Waals surface area contributed by atoms with Gasteiger partial charge < -0.3 is 10.6 Å². The third-order valence-electron chi connectivity index (χ3n) is 5.48. The van der Waals surface area contributed by atoms with E-state index in [1.807, 2.05) is 25.4 Å². The zero-order valence-corrected chi connectivity index (χ0v) is 17.0. The highest BCUT2D eigenvalue weighted by molar-refractivity contribution is 7.10. The zero-order valence-electron chi connectivity index (χ0n) is 15.2. The highest BCUT2D eigenvalue weighted by atomic mass is 32.1. The van der Waals surface area contributed by atoms with Crippen molar-refractivity contribution in [3.63, 3.8) is 0 Å². The Bertz CT molecular complexity index is 858. The fourth-order valence-corrected chi connectivity index (χ4v) is 8.17. The Morgan fingerprint density at radius 1 is 0.840 bits per heavy atom. The number of nitrogens with one attached hydrogen (secondary N) is 2. The molecular formula is C21H24N2SSi. The van der Waals surface area contributed by atoms with Gasteiger partial charge in [0.05, 0.1) is 0 Å². The summed E-state index contributed by atoms with van der Waals surface area (Å²) in [4.78, 5) is 1.43. The molecule has 1 aromatic heterocycles. The van der Waals surface area contributed by atoms with E-state index in [9.17, 15) is 0 Å². The van der Waals surface area contributed by atoms with Crippen LogP contribution in [-0.2, 0) is 0 Å². The highest BCUT2D eigenvalue weighted by Crippen LogP contribution is 2.38. The Kier molecular flexibility index (Phi) is 3.97. The first-order valence-corrected chi connectivity index (χ1v) is 12.6. The van der Waals surface area contributed by atoms with Gasteiger partial charge in [0.25, 0.3) is 0 Å². The van der Waals surface area contributed by atoms with E-state index in [4.69, 9.17) is 0 Å². The van der Waals surface area contributed by atoms with Crippen LogP contribution in [0.2, 0.25) is 13.1 Å². The number of thiophene rings is 1. The molecule has 0 unspecified atom stereocenters. The van der Waals surface area contributed by atoms with Crippen LogP contribution in [0.15, 0.2) is 53.9 Å². The second kappa shape index (κ2) is 6.04. The molecule has 0 bridgehead atoms. The van der Waals surface area contributed by atoms with Gasteiger partial charge in [0.2, 0.25) is 0 Å². The van der Waals surface area contributed by atoms with Crippen LogP contribution in [0.4, 0.5) is 11.4 Å². The van der Waals surface area contributed by atoms with Crippen LogP contribution in [0.5, 0.6) is 0 Å². The van der Waals surface area contributed by atoms with Gasteiger partial charge in [0.1, 0.15) is 8.07 Å². The molecule has 0 saturated heterocycles. The van der Waals surface area contributed by atoms with E-state index < -0.39 is 8.07 Å². The monoisotopic (exact) mass is 364 g/mol. The van der Waals surface area contributed by atoms with Crippen molar-refractivity contribution in [2.45, 2.75) is 19.0 Å². The van der Waals surface area contributed by atoms with Gasteiger partial charge in [-0.1, -0.05) is 31.3 Å². The molecule has 0 saturated carbocycles. The van der Waals surface area contributed by atoms with Crippen molar-refractivity contribution >= 4 is 41.2 Å². The van der Waals surface area contributed by atoms with E-state index in [1.165, 1.54) is 27.4 Å². The van der Waals surface area contributed by atoms with Gasteiger partial charge >= 0.3 is 0 Å². The quantitative estimate of drug-likeness (QED) is 0.682. The Morgan fingerprint density at radius 3 is 1.84 bits per heavy atom. The van der Waals surface area contributed by atoms with E-state index in [2.05, 4.69) is 77.6 Å². The summed E-state index contributed by atoms with van der Waals surface area (Å²) in [5.41, 5.74) is 5.39. The summed E-state index contributed by atoms with van der Waals surface area (Å²) in [5.74, 6) is 0.349. The number of benzene rings is 2. The molecule has 0 aliphatic carbocycles. The lowest BCUT2D eigenvalue weighted by Crippen LogP contribution is -2.59. The van der Waals surface area contributed by atoms with Crippen molar-refractivity contribution in [3.05, 3.63) is 69.9 Å². The van der Waals surface area contributed by atoms with Crippen LogP contribution in [0.25, 0.3) is 0 Å². The standard InChI is InChI=1S/C21H24N2SSi/c1-22-14-7-9-16-19(12-14)25(3,4)20-13-15(23-2)8-10-17(20)21(16)18-6-5-11-24-18/h5-13,21-23H,1-4H3. The molecule has 0 radical (unpaired) electrons. The lowest BCUT2D eigenvalue weighted by Gasteiger charge is -2.38. The second-order valence-corrected chi connectivity index (χ2v) is 12.5. The molecular weight excluding hydrogens is 340 g/mol. The first kappa shape index (κ1) is 16.4. The Morgan fingerprint density at radius 2 is 1.40 bits per heavy atom. The average molecular weight is 365 g/mol. The fraction of sp³-hybridized carbons (Fsp3) is 0.238. The van der Waals surface area contributed by atoms with Crippen LogP contribution in [-0.4, -0.2) is 22.2 Å². The van der Waals surface area contributed by atoms with Gasteiger partial charge in [0, 0.05) is 36.3 Å². The molecule has 0 fully saturated rings. The topological polar surface area (TPSA) is 24.1 Å². The molecule has 0 atom stereocenters. The highest BCUT2D eigenvalue weighted by Gasteiger charge is 2.40. The lowest BCUT2D eigenvalue weighted by atomic mass is 9.88. The smallest absolute Gasteiger partial charge is 0.113 e. The summed E-state index contributed by atoms with van der Waals surface area (Å²) in [7, 11) is 2.25. The summed E-state index contributed by atoms with van der Waals surface area (Å²) in [6, 6.07) is 18.3. The van der Waals surface area contributed by atoms with Crippen molar-refractivity contribution in [2.24, 2.45) is 0 Å². The summed E-state index contributed by atoms with van der Waals surface area (Å²) < 4.78 is 0. The molecule has 2 aromatic carbocycles. The van der Waals surface area contributed by atoms with Crippen molar-refractivity contribution in [2.75, 3.05) is 24.7 Å². The van der Waals surface area contributed by atoms with E-state index in [0.29, 0.717) is 5.92 Å². The van der Waals surface area contributed by atoms with Gasteiger partial charge in [0.15, 0.2) is 0 Å². The van der Waals surface area contributed by atoms with Gasteiger partial charge in [-0.2, -0.15) is 0 Å². The number of hydrogen-bond donors (Lipinski definition) is 2. The predicted molar refractivity (Wildman–Crippen MR) is 114 cm³/mol. The van der Waals surface area contributed by atoms with Gasteiger partial charge in [-0.25, -0.2) is 0 Å². The van der Waals surface area contributed by atoms with Crippen molar-refractivity contribution in [1.29, 1.82) is 0 Å². The first-order valence-electron chi connectivity index (χ1n) is 8.74. The number of anilines is 2. The maximum Gasteiger partial charge on any atom is 0.113 e. The maximum absolute atomic E-state index is 3.32. The third-order valence-corrected chi connectivity index (χ3v) is 9.98. The maximum atomic E-state index is 3.32. The van der Waals surface area contributed by atoms with Crippen LogP contribution >= 0.6 is 11.3 Å². The van der Waals surface area contributed by atoms with E-state index in [0.717, 1.165) is 0 Å². The Balaban J connectivity index is 2.03. The lowest BCUT2D eigenvalue weighted by molar-refractivity contribution is 1.01. The van der Waals surface area contributed by atoms with Gasteiger partial charge in [-0.15, -0.1) is 11.3 Å². The number of rotatable bonds is 3. The molecule has 2 N–H and O–H groups in total. The van der Waals surface area contributed by atoms with Gasteiger partial charge in [-0.3, -0.25) is 0 Å². The van der Waals surface area contributed by atoms with E-state index in [-0.39, 0.29) is 0 Å². The molecule has 4 rings (SSSR count).